The fraction of sp³-hybridized carbons (Fsp3) is 0.154. The van der Waals surface area contributed by atoms with E-state index in [4.69, 9.17) is 21.1 Å². The highest BCUT2D eigenvalue weighted by Crippen LogP contribution is 2.38. The lowest BCUT2D eigenvalue weighted by atomic mass is 10.2. The maximum Gasteiger partial charge on any atom is 0.324 e. The average Bonchev–Trinajstić information content (AvgIpc) is 2.98. The van der Waals surface area contributed by atoms with Crippen LogP contribution in [0, 0.1) is 10.1 Å². The molecule has 1 amide bonds. The molecule has 1 aromatic carbocycles. The Balaban J connectivity index is 1.82. The van der Waals surface area contributed by atoms with Gasteiger partial charge in [0.1, 0.15) is 13.2 Å². The summed E-state index contributed by atoms with van der Waals surface area (Å²) in [4.78, 5) is 22.4. The van der Waals surface area contributed by atoms with Crippen LogP contribution in [-0.2, 0) is 0 Å². The third-order valence-corrected chi connectivity index (χ3v) is 4.22. The number of halogens is 1. The zero-order chi connectivity index (χ0) is 15.7. The SMILES string of the molecule is O=C(Nc1cc2c(cc1Cl)OCCO2)c1ccc([N+](=O)[O-])s1. The number of nitro groups is 1. The molecular weight excluding hydrogens is 332 g/mol. The van der Waals surface area contributed by atoms with Crippen molar-refractivity contribution >= 4 is 39.5 Å². The van der Waals surface area contributed by atoms with Crippen molar-refractivity contribution in [3.63, 3.8) is 0 Å². The maximum absolute atomic E-state index is 12.1. The Kier molecular flexibility index (Phi) is 3.86. The molecule has 1 aliphatic rings. The Hall–Kier alpha value is -2.32. The second-order valence-electron chi connectivity index (χ2n) is 4.32. The molecule has 0 unspecified atom stereocenters. The van der Waals surface area contributed by atoms with Crippen molar-refractivity contribution in [1.82, 2.24) is 0 Å². The van der Waals surface area contributed by atoms with Crippen molar-refractivity contribution in [2.45, 2.75) is 0 Å². The molecule has 1 N–H and O–H groups in total. The first-order valence-corrected chi connectivity index (χ1v) is 7.39. The summed E-state index contributed by atoms with van der Waals surface area (Å²) >= 11 is 6.89. The molecule has 1 aromatic heterocycles. The van der Waals surface area contributed by atoms with Gasteiger partial charge in [0, 0.05) is 18.2 Å². The Morgan fingerprint density at radius 1 is 1.27 bits per heavy atom. The Morgan fingerprint density at radius 3 is 2.59 bits per heavy atom. The molecule has 9 heteroatoms. The molecule has 114 valence electrons. The molecule has 0 radical (unpaired) electrons. The van der Waals surface area contributed by atoms with Gasteiger partial charge in [0.25, 0.3) is 5.91 Å². The number of fused-ring (bicyclic) bond motifs is 1. The number of carbonyl (C=O) groups excluding carboxylic acids is 1. The number of ether oxygens (including phenoxy) is 2. The molecule has 7 nitrogen and oxygen atoms in total. The molecule has 0 atom stereocenters. The van der Waals surface area contributed by atoms with E-state index in [0.717, 1.165) is 11.3 Å². The summed E-state index contributed by atoms with van der Waals surface area (Å²) in [5.41, 5.74) is 0.354. The van der Waals surface area contributed by atoms with Crippen molar-refractivity contribution in [2.75, 3.05) is 18.5 Å². The average molecular weight is 341 g/mol. The van der Waals surface area contributed by atoms with Crippen LogP contribution in [0.15, 0.2) is 24.3 Å². The number of carbonyl (C=O) groups is 1. The summed E-state index contributed by atoms with van der Waals surface area (Å²) in [5.74, 6) is 0.529. The summed E-state index contributed by atoms with van der Waals surface area (Å²) in [6.45, 7) is 0.854. The van der Waals surface area contributed by atoms with Crippen molar-refractivity contribution in [3.05, 3.63) is 44.3 Å². The minimum absolute atomic E-state index is 0.0987. The molecule has 3 rings (SSSR count). The molecule has 2 heterocycles. The van der Waals surface area contributed by atoms with Crippen LogP contribution >= 0.6 is 22.9 Å². The summed E-state index contributed by atoms with van der Waals surface area (Å²) in [5, 5.41) is 13.4. The van der Waals surface area contributed by atoms with Crippen molar-refractivity contribution in [1.29, 1.82) is 0 Å². The number of anilines is 1. The van der Waals surface area contributed by atoms with E-state index in [1.54, 1.807) is 12.1 Å². The largest absolute Gasteiger partial charge is 0.486 e. The van der Waals surface area contributed by atoms with Gasteiger partial charge in [-0.15, -0.1) is 0 Å². The van der Waals surface area contributed by atoms with Gasteiger partial charge in [-0.25, -0.2) is 0 Å². The monoisotopic (exact) mass is 340 g/mol. The van der Waals surface area contributed by atoms with Crippen LogP contribution in [0.4, 0.5) is 10.7 Å². The number of hydrogen-bond acceptors (Lipinski definition) is 6. The third-order valence-electron chi connectivity index (χ3n) is 2.88. The highest BCUT2D eigenvalue weighted by Gasteiger charge is 2.19. The van der Waals surface area contributed by atoms with Crippen LogP contribution in [0.2, 0.25) is 5.02 Å². The zero-order valence-corrected chi connectivity index (χ0v) is 12.6. The fourth-order valence-electron chi connectivity index (χ4n) is 1.89. The molecule has 0 fully saturated rings. The molecule has 0 aliphatic carbocycles. The van der Waals surface area contributed by atoms with Crippen LogP contribution in [-0.4, -0.2) is 24.0 Å². The van der Waals surface area contributed by atoms with Gasteiger partial charge in [0.05, 0.1) is 20.5 Å². The lowest BCUT2D eigenvalue weighted by Gasteiger charge is -2.19. The molecule has 0 saturated carbocycles. The number of thiophene rings is 1. The fourth-order valence-corrected chi connectivity index (χ4v) is 2.81. The van der Waals surface area contributed by atoms with Crippen LogP contribution in [0.1, 0.15) is 9.67 Å². The van der Waals surface area contributed by atoms with Crippen LogP contribution in [0.25, 0.3) is 0 Å². The number of amides is 1. The molecule has 0 spiro atoms. The second kappa shape index (κ2) is 5.82. The molecular formula is C13H9ClN2O5S. The Labute approximate surface area is 133 Å². The Bertz CT molecular complexity index is 761. The number of nitrogens with one attached hydrogen (secondary N) is 1. The minimum atomic E-state index is -0.543. The van der Waals surface area contributed by atoms with Crippen molar-refractivity contribution in [3.8, 4) is 11.5 Å². The second-order valence-corrected chi connectivity index (χ2v) is 5.79. The first-order chi connectivity index (χ1) is 10.5. The molecule has 22 heavy (non-hydrogen) atoms. The van der Waals surface area contributed by atoms with Gasteiger partial charge in [0.2, 0.25) is 0 Å². The van der Waals surface area contributed by atoms with Gasteiger partial charge >= 0.3 is 5.00 Å². The molecule has 0 bridgehead atoms. The number of benzene rings is 1. The zero-order valence-electron chi connectivity index (χ0n) is 11.0. The van der Waals surface area contributed by atoms with Crippen LogP contribution in [0.3, 0.4) is 0 Å². The van der Waals surface area contributed by atoms with E-state index in [0.29, 0.717) is 35.4 Å². The molecule has 2 aromatic rings. The van der Waals surface area contributed by atoms with E-state index in [2.05, 4.69) is 5.32 Å². The first kappa shape index (κ1) is 14.6. The smallest absolute Gasteiger partial charge is 0.324 e. The van der Waals surface area contributed by atoms with Gasteiger partial charge < -0.3 is 14.8 Å². The molecule has 0 saturated heterocycles. The van der Waals surface area contributed by atoms with Gasteiger partial charge in [-0.05, 0) is 6.07 Å². The topological polar surface area (TPSA) is 90.7 Å². The highest BCUT2D eigenvalue weighted by molar-refractivity contribution is 7.17. The quantitative estimate of drug-likeness (QED) is 0.683. The predicted octanol–water partition coefficient (Wildman–Crippen LogP) is 3.33. The van der Waals surface area contributed by atoms with E-state index in [9.17, 15) is 14.9 Å². The summed E-state index contributed by atoms with van der Waals surface area (Å²) in [7, 11) is 0. The third kappa shape index (κ3) is 2.83. The maximum atomic E-state index is 12.1. The van der Waals surface area contributed by atoms with E-state index >= 15 is 0 Å². The van der Waals surface area contributed by atoms with Crippen molar-refractivity contribution < 1.29 is 19.2 Å². The van der Waals surface area contributed by atoms with E-state index in [1.165, 1.54) is 12.1 Å². The van der Waals surface area contributed by atoms with Gasteiger partial charge in [-0.1, -0.05) is 22.9 Å². The van der Waals surface area contributed by atoms with Gasteiger partial charge in [-0.2, -0.15) is 0 Å². The first-order valence-electron chi connectivity index (χ1n) is 6.19. The van der Waals surface area contributed by atoms with Crippen LogP contribution in [0.5, 0.6) is 11.5 Å². The predicted molar refractivity (Wildman–Crippen MR) is 81.4 cm³/mol. The Morgan fingerprint density at radius 2 is 1.95 bits per heavy atom. The van der Waals surface area contributed by atoms with E-state index in [1.807, 2.05) is 0 Å². The number of hydrogen-bond donors (Lipinski definition) is 1. The molecule has 1 aliphatic heterocycles. The number of nitrogens with zero attached hydrogens (tertiary/aromatic N) is 1. The normalized spacial score (nSPS) is 12.8. The lowest BCUT2D eigenvalue weighted by Crippen LogP contribution is -2.16. The summed E-state index contributed by atoms with van der Waals surface area (Å²) in [6, 6.07) is 5.80. The number of rotatable bonds is 3. The summed E-state index contributed by atoms with van der Waals surface area (Å²) in [6.07, 6.45) is 0. The van der Waals surface area contributed by atoms with E-state index < -0.39 is 10.8 Å². The van der Waals surface area contributed by atoms with E-state index in [-0.39, 0.29) is 9.88 Å². The van der Waals surface area contributed by atoms with Gasteiger partial charge in [0.15, 0.2) is 11.5 Å². The van der Waals surface area contributed by atoms with Crippen LogP contribution < -0.4 is 14.8 Å². The highest BCUT2D eigenvalue weighted by atomic mass is 35.5. The standard InChI is InChI=1S/C13H9ClN2O5S/c14-7-5-9-10(21-4-3-20-9)6-8(7)15-13(17)11-1-2-12(22-11)16(18)19/h1-2,5-6H,3-4H2,(H,15,17). The van der Waals surface area contributed by atoms with Gasteiger partial charge in [-0.3, -0.25) is 14.9 Å². The van der Waals surface area contributed by atoms with Crippen molar-refractivity contribution in [2.24, 2.45) is 0 Å². The lowest BCUT2D eigenvalue weighted by molar-refractivity contribution is -0.380. The summed E-state index contributed by atoms with van der Waals surface area (Å²) < 4.78 is 10.8. The minimum Gasteiger partial charge on any atom is -0.486 e.